The lowest BCUT2D eigenvalue weighted by molar-refractivity contribution is 0.427. The van der Waals surface area contributed by atoms with Crippen LogP contribution in [0, 0.1) is 11.7 Å². The second-order valence-electron chi connectivity index (χ2n) is 4.03. The zero-order valence-corrected chi connectivity index (χ0v) is 11.6. The Labute approximate surface area is 110 Å². The molecule has 92 valence electrons. The molecule has 0 heterocycles. The van der Waals surface area contributed by atoms with Gasteiger partial charge in [-0.2, -0.15) is 0 Å². The first-order chi connectivity index (χ1) is 6.93. The predicted molar refractivity (Wildman–Crippen MR) is 69.4 cm³/mol. The Balaban J connectivity index is 0.00000225. The summed E-state index contributed by atoms with van der Waals surface area (Å²) in [5.74, 6) is -0.190. The zero-order valence-electron chi connectivity index (χ0n) is 9.21. The van der Waals surface area contributed by atoms with Gasteiger partial charge in [-0.15, -0.1) is 12.4 Å². The molecule has 0 saturated heterocycles. The minimum absolute atomic E-state index is 0. The van der Waals surface area contributed by atoms with E-state index in [0.717, 1.165) is 0 Å². The summed E-state index contributed by atoms with van der Waals surface area (Å²) in [6.07, 6.45) is 0.640. The predicted octanol–water partition coefficient (Wildman–Crippen LogP) is 3.76. The summed E-state index contributed by atoms with van der Waals surface area (Å²) in [6, 6.07) is 2.30. The van der Waals surface area contributed by atoms with E-state index < -0.39 is 11.9 Å². The van der Waals surface area contributed by atoms with Gasteiger partial charge in [0.1, 0.15) is 11.6 Å². The summed E-state index contributed by atoms with van der Waals surface area (Å²) in [6.45, 7) is 4.01. The van der Waals surface area contributed by atoms with Crippen molar-refractivity contribution in [2.45, 2.75) is 26.3 Å². The standard InChI is InChI=1S/C11H15BrFNO.ClH/c1-6(2)5-9(14)10-8(13)4-3-7(12)11(10)15;/h3-4,6,9,15H,5,14H2,1-2H3;1H/t9-;/m1./s1. The summed E-state index contributed by atoms with van der Waals surface area (Å²) in [5.41, 5.74) is 6.04. The number of rotatable bonds is 3. The van der Waals surface area contributed by atoms with Crippen LogP contribution in [0.15, 0.2) is 16.6 Å². The molecular formula is C11H16BrClFNO. The van der Waals surface area contributed by atoms with Crippen LogP contribution in [0.4, 0.5) is 4.39 Å². The van der Waals surface area contributed by atoms with Gasteiger partial charge in [-0.25, -0.2) is 4.39 Å². The molecule has 1 atom stereocenters. The average molecular weight is 313 g/mol. The van der Waals surface area contributed by atoms with E-state index in [9.17, 15) is 9.50 Å². The van der Waals surface area contributed by atoms with Gasteiger partial charge < -0.3 is 10.8 Å². The number of hydrogen-bond acceptors (Lipinski definition) is 2. The van der Waals surface area contributed by atoms with Crippen LogP contribution in [0.25, 0.3) is 0 Å². The Kier molecular flexibility index (Phi) is 6.30. The summed E-state index contributed by atoms with van der Waals surface area (Å²) in [4.78, 5) is 0. The van der Waals surface area contributed by atoms with Crippen molar-refractivity contribution in [3.05, 3.63) is 28.0 Å². The topological polar surface area (TPSA) is 46.2 Å². The summed E-state index contributed by atoms with van der Waals surface area (Å²) >= 11 is 3.14. The quantitative estimate of drug-likeness (QED) is 0.892. The Morgan fingerprint density at radius 2 is 2.00 bits per heavy atom. The smallest absolute Gasteiger partial charge is 0.137 e. The molecule has 0 spiro atoms. The first-order valence-electron chi connectivity index (χ1n) is 4.86. The Bertz CT molecular complexity index is 360. The van der Waals surface area contributed by atoms with Crippen molar-refractivity contribution in [1.29, 1.82) is 0 Å². The minimum Gasteiger partial charge on any atom is -0.506 e. The molecule has 1 aromatic carbocycles. The second-order valence-corrected chi connectivity index (χ2v) is 4.88. The second kappa shape index (κ2) is 6.42. The van der Waals surface area contributed by atoms with E-state index in [0.29, 0.717) is 16.8 Å². The van der Waals surface area contributed by atoms with E-state index in [1.54, 1.807) is 0 Å². The van der Waals surface area contributed by atoms with Crippen molar-refractivity contribution in [3.8, 4) is 5.75 Å². The van der Waals surface area contributed by atoms with Gasteiger partial charge in [0.2, 0.25) is 0 Å². The lowest BCUT2D eigenvalue weighted by atomic mass is 9.97. The maximum Gasteiger partial charge on any atom is 0.137 e. The molecule has 16 heavy (non-hydrogen) atoms. The largest absolute Gasteiger partial charge is 0.506 e. The van der Waals surface area contributed by atoms with Crippen LogP contribution >= 0.6 is 28.3 Å². The summed E-state index contributed by atoms with van der Waals surface area (Å²) in [5, 5.41) is 9.69. The fourth-order valence-electron chi connectivity index (χ4n) is 1.54. The van der Waals surface area contributed by atoms with Gasteiger partial charge in [0.25, 0.3) is 0 Å². The fraction of sp³-hybridized carbons (Fsp3) is 0.455. The van der Waals surface area contributed by atoms with Crippen LogP contribution in [-0.4, -0.2) is 5.11 Å². The molecule has 0 unspecified atom stereocenters. The van der Waals surface area contributed by atoms with E-state index in [4.69, 9.17) is 5.73 Å². The molecule has 0 radical (unpaired) electrons. The Morgan fingerprint density at radius 3 is 2.50 bits per heavy atom. The van der Waals surface area contributed by atoms with Gasteiger partial charge in [-0.1, -0.05) is 13.8 Å². The normalized spacial score (nSPS) is 12.4. The number of nitrogens with two attached hydrogens (primary N) is 1. The minimum atomic E-state index is -0.470. The Hall–Kier alpha value is -0.320. The molecule has 0 aliphatic heterocycles. The van der Waals surface area contributed by atoms with E-state index in [2.05, 4.69) is 15.9 Å². The van der Waals surface area contributed by atoms with Crippen molar-refractivity contribution in [1.82, 2.24) is 0 Å². The van der Waals surface area contributed by atoms with Gasteiger partial charge in [-0.05, 0) is 40.4 Å². The van der Waals surface area contributed by atoms with Crippen LogP contribution in [0.2, 0.25) is 0 Å². The van der Waals surface area contributed by atoms with Gasteiger partial charge in [0.15, 0.2) is 0 Å². The maximum atomic E-state index is 13.5. The first-order valence-corrected chi connectivity index (χ1v) is 5.65. The van der Waals surface area contributed by atoms with Crippen LogP contribution in [0.3, 0.4) is 0 Å². The third-order valence-corrected chi connectivity index (χ3v) is 2.85. The van der Waals surface area contributed by atoms with E-state index in [-0.39, 0.29) is 23.7 Å². The number of phenols is 1. The molecule has 0 aromatic heterocycles. The highest BCUT2D eigenvalue weighted by Crippen LogP contribution is 2.35. The lowest BCUT2D eigenvalue weighted by Gasteiger charge is -2.17. The van der Waals surface area contributed by atoms with Crippen LogP contribution in [-0.2, 0) is 0 Å². The Morgan fingerprint density at radius 1 is 1.44 bits per heavy atom. The summed E-state index contributed by atoms with van der Waals surface area (Å²) < 4.78 is 13.9. The first kappa shape index (κ1) is 15.7. The molecule has 0 aliphatic rings. The van der Waals surface area contributed by atoms with Crippen LogP contribution in [0.5, 0.6) is 5.75 Å². The SMILES string of the molecule is CC(C)C[C@@H](N)c1c(F)ccc(Br)c1O.Cl. The van der Waals surface area contributed by atoms with Crippen molar-refractivity contribution >= 4 is 28.3 Å². The molecule has 0 fully saturated rings. The van der Waals surface area contributed by atoms with E-state index in [1.807, 2.05) is 13.8 Å². The van der Waals surface area contributed by atoms with E-state index in [1.165, 1.54) is 12.1 Å². The van der Waals surface area contributed by atoms with Gasteiger partial charge in [-0.3, -0.25) is 0 Å². The molecule has 5 heteroatoms. The van der Waals surface area contributed by atoms with Crippen molar-refractivity contribution < 1.29 is 9.50 Å². The highest BCUT2D eigenvalue weighted by molar-refractivity contribution is 9.10. The number of halogens is 3. The molecule has 2 nitrogen and oxygen atoms in total. The number of phenolic OH excluding ortho intramolecular Hbond substituents is 1. The monoisotopic (exact) mass is 311 g/mol. The summed E-state index contributed by atoms with van der Waals surface area (Å²) in [7, 11) is 0. The average Bonchev–Trinajstić information content (AvgIpc) is 2.11. The van der Waals surface area contributed by atoms with Gasteiger partial charge >= 0.3 is 0 Å². The molecule has 0 bridgehead atoms. The molecule has 1 rings (SSSR count). The van der Waals surface area contributed by atoms with Crippen LogP contribution in [0.1, 0.15) is 31.9 Å². The van der Waals surface area contributed by atoms with Gasteiger partial charge in [0, 0.05) is 11.6 Å². The number of benzene rings is 1. The maximum absolute atomic E-state index is 13.5. The molecule has 1 aromatic rings. The van der Waals surface area contributed by atoms with Crippen LogP contribution < -0.4 is 5.73 Å². The highest BCUT2D eigenvalue weighted by atomic mass is 79.9. The number of hydrogen-bond donors (Lipinski definition) is 2. The molecular weight excluding hydrogens is 296 g/mol. The van der Waals surface area contributed by atoms with Gasteiger partial charge in [0.05, 0.1) is 4.47 Å². The fourth-order valence-corrected chi connectivity index (χ4v) is 1.88. The lowest BCUT2D eigenvalue weighted by Crippen LogP contribution is -2.14. The molecule has 0 aliphatic carbocycles. The highest BCUT2D eigenvalue weighted by Gasteiger charge is 2.19. The number of aromatic hydroxyl groups is 1. The third-order valence-electron chi connectivity index (χ3n) is 2.21. The van der Waals surface area contributed by atoms with Crippen molar-refractivity contribution in [3.63, 3.8) is 0 Å². The van der Waals surface area contributed by atoms with E-state index >= 15 is 0 Å². The van der Waals surface area contributed by atoms with Crippen molar-refractivity contribution in [2.75, 3.05) is 0 Å². The molecule has 3 N–H and O–H groups in total. The zero-order chi connectivity index (χ0) is 11.6. The van der Waals surface area contributed by atoms with Crippen molar-refractivity contribution in [2.24, 2.45) is 11.7 Å². The molecule has 0 amide bonds. The third kappa shape index (κ3) is 3.61. The molecule has 0 saturated carbocycles.